The number of rotatable bonds is 4. The number of aromatic nitrogens is 2. The van der Waals surface area contributed by atoms with E-state index in [2.05, 4.69) is 24.3 Å². The van der Waals surface area contributed by atoms with Crippen molar-refractivity contribution in [3.63, 3.8) is 0 Å². The number of hydrogen-bond donors (Lipinski definition) is 2. The van der Waals surface area contributed by atoms with Crippen LogP contribution in [0.4, 0.5) is 5.82 Å². The monoisotopic (exact) mass is 210 g/mol. The van der Waals surface area contributed by atoms with E-state index in [1.165, 1.54) is 0 Å². The molecule has 0 spiro atoms. The number of aryl methyl sites for hydroxylation is 1. The van der Waals surface area contributed by atoms with Crippen LogP contribution in [0.3, 0.4) is 0 Å². The van der Waals surface area contributed by atoms with Crippen LogP contribution in [-0.2, 0) is 7.05 Å². The lowest BCUT2D eigenvalue weighted by molar-refractivity contribution is 0.219. The second-order valence-corrected chi connectivity index (χ2v) is 5.33. The van der Waals surface area contributed by atoms with Crippen LogP contribution in [0.1, 0.15) is 27.7 Å². The van der Waals surface area contributed by atoms with Crippen LogP contribution < -0.4 is 11.1 Å². The van der Waals surface area contributed by atoms with Gasteiger partial charge in [0.2, 0.25) is 0 Å². The van der Waals surface area contributed by atoms with Gasteiger partial charge in [0.25, 0.3) is 0 Å². The molecule has 1 aromatic rings. The van der Waals surface area contributed by atoms with Crippen molar-refractivity contribution in [1.82, 2.24) is 9.78 Å². The Hall–Kier alpha value is -1.03. The summed E-state index contributed by atoms with van der Waals surface area (Å²) in [5.74, 6) is 0.898. The maximum Gasteiger partial charge on any atom is 0.147 e. The summed E-state index contributed by atoms with van der Waals surface area (Å²) in [4.78, 5) is 0. The number of nitrogens with two attached hydrogens (primary N) is 1. The molecule has 3 N–H and O–H groups in total. The Morgan fingerprint density at radius 1 is 1.40 bits per heavy atom. The normalized spacial score (nSPS) is 12.9. The standard InChI is InChI=1S/C11H22N4/c1-10(2,11(3,4)12)8-13-9-6-7-15(5)14-9/h6-7H,8,12H2,1-5H3,(H,13,14). The van der Waals surface area contributed by atoms with E-state index in [-0.39, 0.29) is 11.0 Å². The molecule has 86 valence electrons. The first-order valence-electron chi connectivity index (χ1n) is 5.25. The summed E-state index contributed by atoms with van der Waals surface area (Å²) in [6.07, 6.45) is 1.92. The van der Waals surface area contributed by atoms with Crippen LogP contribution >= 0.6 is 0 Å². The molecule has 0 unspecified atom stereocenters. The van der Waals surface area contributed by atoms with E-state index in [0.717, 1.165) is 12.4 Å². The van der Waals surface area contributed by atoms with Crippen LogP contribution in [0, 0.1) is 5.41 Å². The first-order chi connectivity index (χ1) is 6.72. The second kappa shape index (κ2) is 3.85. The number of hydrogen-bond acceptors (Lipinski definition) is 3. The molecule has 1 aromatic heterocycles. The molecule has 0 aliphatic heterocycles. The highest BCUT2D eigenvalue weighted by Crippen LogP contribution is 2.28. The van der Waals surface area contributed by atoms with Crippen molar-refractivity contribution in [2.75, 3.05) is 11.9 Å². The molecule has 15 heavy (non-hydrogen) atoms. The first kappa shape index (κ1) is 12.0. The Labute approximate surface area is 91.8 Å². The fourth-order valence-corrected chi connectivity index (χ4v) is 1.05. The minimum Gasteiger partial charge on any atom is -0.368 e. The molecule has 4 heteroatoms. The molecule has 4 nitrogen and oxygen atoms in total. The van der Waals surface area contributed by atoms with E-state index >= 15 is 0 Å². The minimum atomic E-state index is -0.214. The molecule has 0 saturated heterocycles. The second-order valence-electron chi connectivity index (χ2n) is 5.33. The Bertz CT molecular complexity index is 320. The summed E-state index contributed by atoms with van der Waals surface area (Å²) < 4.78 is 1.78. The van der Waals surface area contributed by atoms with Crippen LogP contribution in [-0.4, -0.2) is 21.9 Å². The summed E-state index contributed by atoms with van der Waals surface area (Å²) >= 11 is 0. The van der Waals surface area contributed by atoms with Gasteiger partial charge in [0.05, 0.1) is 0 Å². The Morgan fingerprint density at radius 3 is 2.40 bits per heavy atom. The molecule has 0 aliphatic rings. The zero-order chi connectivity index (χ0) is 11.7. The maximum atomic E-state index is 6.12. The first-order valence-corrected chi connectivity index (χ1v) is 5.25. The Morgan fingerprint density at radius 2 is 2.00 bits per heavy atom. The van der Waals surface area contributed by atoms with Gasteiger partial charge >= 0.3 is 0 Å². The molecule has 0 aromatic carbocycles. The lowest BCUT2D eigenvalue weighted by atomic mass is 9.75. The fourth-order valence-electron chi connectivity index (χ4n) is 1.05. The minimum absolute atomic E-state index is 0.0184. The van der Waals surface area contributed by atoms with Gasteiger partial charge in [-0.3, -0.25) is 4.68 Å². The molecule has 1 heterocycles. The van der Waals surface area contributed by atoms with E-state index in [0.29, 0.717) is 0 Å². The Balaban J connectivity index is 2.57. The molecular weight excluding hydrogens is 188 g/mol. The van der Waals surface area contributed by atoms with Crippen LogP contribution in [0.5, 0.6) is 0 Å². The van der Waals surface area contributed by atoms with E-state index in [9.17, 15) is 0 Å². The zero-order valence-corrected chi connectivity index (χ0v) is 10.3. The van der Waals surface area contributed by atoms with Gasteiger partial charge in [-0.25, -0.2) is 0 Å². The van der Waals surface area contributed by atoms with Crippen molar-refractivity contribution >= 4 is 5.82 Å². The highest BCUT2D eigenvalue weighted by atomic mass is 15.3. The van der Waals surface area contributed by atoms with Crippen molar-refractivity contribution in [3.05, 3.63) is 12.3 Å². The highest BCUT2D eigenvalue weighted by Gasteiger charge is 2.33. The van der Waals surface area contributed by atoms with Gasteiger partial charge in [0.1, 0.15) is 5.82 Å². The van der Waals surface area contributed by atoms with Gasteiger partial charge in [-0.2, -0.15) is 5.10 Å². The predicted molar refractivity (Wildman–Crippen MR) is 63.7 cm³/mol. The summed E-state index contributed by atoms with van der Waals surface area (Å²) in [6.45, 7) is 9.22. The molecular formula is C11H22N4. The van der Waals surface area contributed by atoms with Crippen LogP contribution in [0.2, 0.25) is 0 Å². The lowest BCUT2D eigenvalue weighted by Gasteiger charge is -2.38. The SMILES string of the molecule is Cn1ccc(NCC(C)(C)C(C)(C)N)n1. The van der Waals surface area contributed by atoms with Gasteiger partial charge in [0.15, 0.2) is 0 Å². The van der Waals surface area contributed by atoms with Crippen molar-refractivity contribution in [2.24, 2.45) is 18.2 Å². The predicted octanol–water partition coefficient (Wildman–Crippen LogP) is 1.60. The van der Waals surface area contributed by atoms with E-state index in [1.54, 1.807) is 4.68 Å². The van der Waals surface area contributed by atoms with Gasteiger partial charge in [-0.05, 0) is 19.3 Å². The lowest BCUT2D eigenvalue weighted by Crippen LogP contribution is -2.50. The summed E-state index contributed by atoms with van der Waals surface area (Å²) in [7, 11) is 1.91. The number of anilines is 1. The average molecular weight is 210 g/mol. The van der Waals surface area contributed by atoms with E-state index in [4.69, 9.17) is 5.73 Å². The molecule has 1 rings (SSSR count). The van der Waals surface area contributed by atoms with Gasteiger partial charge < -0.3 is 11.1 Å². The molecule has 0 amide bonds. The van der Waals surface area contributed by atoms with E-state index in [1.807, 2.05) is 33.2 Å². The summed E-state index contributed by atoms with van der Waals surface area (Å²) in [5.41, 5.74) is 5.92. The van der Waals surface area contributed by atoms with Crippen molar-refractivity contribution in [3.8, 4) is 0 Å². The molecule has 0 aliphatic carbocycles. The summed E-state index contributed by atoms with van der Waals surface area (Å²) in [6, 6.07) is 1.96. The molecule has 0 fully saturated rings. The third-order valence-electron chi connectivity index (χ3n) is 3.17. The largest absolute Gasteiger partial charge is 0.368 e. The highest BCUT2D eigenvalue weighted by molar-refractivity contribution is 5.32. The molecule has 0 saturated carbocycles. The quantitative estimate of drug-likeness (QED) is 0.793. The van der Waals surface area contributed by atoms with Crippen molar-refractivity contribution in [2.45, 2.75) is 33.2 Å². The van der Waals surface area contributed by atoms with Gasteiger partial charge in [-0.1, -0.05) is 13.8 Å². The zero-order valence-electron chi connectivity index (χ0n) is 10.3. The summed E-state index contributed by atoms with van der Waals surface area (Å²) in [5, 5.41) is 7.56. The Kier molecular flexibility index (Phi) is 3.09. The topological polar surface area (TPSA) is 55.9 Å². The van der Waals surface area contributed by atoms with Gasteiger partial charge in [-0.15, -0.1) is 0 Å². The smallest absolute Gasteiger partial charge is 0.147 e. The van der Waals surface area contributed by atoms with E-state index < -0.39 is 0 Å². The van der Waals surface area contributed by atoms with Crippen LogP contribution in [0.25, 0.3) is 0 Å². The average Bonchev–Trinajstić information content (AvgIpc) is 2.46. The van der Waals surface area contributed by atoms with Crippen molar-refractivity contribution in [1.29, 1.82) is 0 Å². The third kappa shape index (κ3) is 2.96. The number of nitrogens with zero attached hydrogens (tertiary/aromatic N) is 2. The van der Waals surface area contributed by atoms with Crippen LogP contribution in [0.15, 0.2) is 12.3 Å². The van der Waals surface area contributed by atoms with Gasteiger partial charge in [0, 0.05) is 31.4 Å². The molecule has 0 atom stereocenters. The van der Waals surface area contributed by atoms with Crippen molar-refractivity contribution < 1.29 is 0 Å². The molecule has 0 radical (unpaired) electrons. The number of nitrogens with one attached hydrogen (secondary N) is 1. The maximum absolute atomic E-state index is 6.12. The fraction of sp³-hybridized carbons (Fsp3) is 0.727. The molecule has 0 bridgehead atoms. The third-order valence-corrected chi connectivity index (χ3v) is 3.17.